The average Bonchev–Trinajstić information content (AvgIpc) is 2.64. The van der Waals surface area contributed by atoms with Gasteiger partial charge in [-0.1, -0.05) is 32.9 Å². The summed E-state index contributed by atoms with van der Waals surface area (Å²) in [4.78, 5) is 11.5. The molecule has 0 bridgehead atoms. The molecule has 2 rings (SSSR count). The lowest BCUT2D eigenvalue weighted by atomic mass is 9.87. The average molecular weight is 272 g/mol. The van der Waals surface area contributed by atoms with E-state index in [1.54, 1.807) is 6.92 Å². The second kappa shape index (κ2) is 4.78. The molecule has 0 radical (unpaired) electrons. The van der Waals surface area contributed by atoms with Crippen LogP contribution in [0.25, 0.3) is 5.69 Å². The van der Waals surface area contributed by atoms with Crippen molar-refractivity contribution in [1.82, 2.24) is 9.78 Å². The van der Waals surface area contributed by atoms with E-state index in [1.807, 2.05) is 24.3 Å². The Labute approximate surface area is 119 Å². The molecule has 0 aliphatic heterocycles. The Morgan fingerprint density at radius 2 is 1.75 bits per heavy atom. The zero-order chi connectivity index (χ0) is 15.1. The second-order valence-corrected chi connectivity index (χ2v) is 6.05. The topological polar surface area (TPSA) is 55.1 Å². The van der Waals surface area contributed by atoms with Gasteiger partial charge in [-0.25, -0.2) is 4.68 Å². The monoisotopic (exact) mass is 272 g/mol. The molecule has 0 fully saturated rings. The lowest BCUT2D eigenvalue weighted by molar-refractivity contribution is 0.101. The first-order valence-corrected chi connectivity index (χ1v) is 6.62. The summed E-state index contributed by atoms with van der Waals surface area (Å²) in [7, 11) is 0. The molecular formula is C16H20N2O2. The number of aryl methyl sites for hydroxylation is 1. The van der Waals surface area contributed by atoms with Crippen LogP contribution in [0.4, 0.5) is 0 Å². The van der Waals surface area contributed by atoms with Crippen molar-refractivity contribution >= 4 is 5.78 Å². The fourth-order valence-electron chi connectivity index (χ4n) is 2.21. The fourth-order valence-corrected chi connectivity index (χ4v) is 2.21. The number of hydrogen-bond donors (Lipinski definition) is 1. The van der Waals surface area contributed by atoms with Crippen LogP contribution in [0.2, 0.25) is 0 Å². The number of hydrogen-bond acceptors (Lipinski definition) is 3. The smallest absolute Gasteiger partial charge is 0.225 e. The van der Waals surface area contributed by atoms with E-state index < -0.39 is 0 Å². The van der Waals surface area contributed by atoms with Gasteiger partial charge in [-0.2, -0.15) is 5.10 Å². The van der Waals surface area contributed by atoms with Gasteiger partial charge in [0.2, 0.25) is 5.88 Å². The minimum absolute atomic E-state index is 0.0746. The quantitative estimate of drug-likeness (QED) is 0.853. The van der Waals surface area contributed by atoms with Gasteiger partial charge in [0.1, 0.15) is 5.56 Å². The molecule has 0 unspecified atom stereocenters. The molecule has 1 aromatic heterocycles. The van der Waals surface area contributed by atoms with E-state index in [0.29, 0.717) is 5.69 Å². The van der Waals surface area contributed by atoms with Gasteiger partial charge >= 0.3 is 0 Å². The van der Waals surface area contributed by atoms with Crippen LogP contribution in [-0.2, 0) is 5.41 Å². The number of aromatic nitrogens is 2. The highest BCUT2D eigenvalue weighted by atomic mass is 16.3. The van der Waals surface area contributed by atoms with Crippen LogP contribution in [0.1, 0.15) is 49.3 Å². The van der Waals surface area contributed by atoms with Crippen molar-refractivity contribution < 1.29 is 9.90 Å². The van der Waals surface area contributed by atoms with Crippen molar-refractivity contribution in [3.05, 3.63) is 41.1 Å². The third-order valence-electron chi connectivity index (χ3n) is 3.37. The third-order valence-corrected chi connectivity index (χ3v) is 3.37. The van der Waals surface area contributed by atoms with E-state index in [2.05, 4.69) is 25.9 Å². The summed E-state index contributed by atoms with van der Waals surface area (Å²) in [6.07, 6.45) is 0. The van der Waals surface area contributed by atoms with Crippen LogP contribution < -0.4 is 0 Å². The molecule has 20 heavy (non-hydrogen) atoms. The van der Waals surface area contributed by atoms with E-state index in [1.165, 1.54) is 17.2 Å². The SMILES string of the molecule is CC(=O)c1c(C)nn(-c2ccc(C(C)(C)C)cc2)c1O. The molecule has 106 valence electrons. The van der Waals surface area contributed by atoms with Gasteiger partial charge in [-0.05, 0) is 37.0 Å². The van der Waals surface area contributed by atoms with E-state index in [4.69, 9.17) is 0 Å². The van der Waals surface area contributed by atoms with E-state index in [9.17, 15) is 9.90 Å². The Hall–Kier alpha value is -2.10. The van der Waals surface area contributed by atoms with Crippen LogP contribution in [0.5, 0.6) is 5.88 Å². The standard InChI is InChI=1S/C16H20N2O2/c1-10-14(11(2)19)15(20)18(17-10)13-8-6-12(7-9-13)16(3,4)5/h6-9,20H,1-5H3. The molecule has 0 amide bonds. The highest BCUT2D eigenvalue weighted by Crippen LogP contribution is 2.27. The van der Waals surface area contributed by atoms with Crippen molar-refractivity contribution in [3.8, 4) is 11.6 Å². The Bertz CT molecular complexity index is 646. The van der Waals surface area contributed by atoms with Crippen molar-refractivity contribution in [3.63, 3.8) is 0 Å². The summed E-state index contributed by atoms with van der Waals surface area (Å²) in [5.41, 5.74) is 2.84. The fraction of sp³-hybridized carbons (Fsp3) is 0.375. The van der Waals surface area contributed by atoms with Crippen LogP contribution in [0, 0.1) is 6.92 Å². The number of carbonyl (C=O) groups is 1. The molecular weight excluding hydrogens is 252 g/mol. The molecule has 0 saturated carbocycles. The molecule has 2 aromatic rings. The maximum atomic E-state index is 11.5. The van der Waals surface area contributed by atoms with Crippen LogP contribution in [0.15, 0.2) is 24.3 Å². The Balaban J connectivity index is 2.48. The summed E-state index contributed by atoms with van der Waals surface area (Å²) in [5.74, 6) is -0.281. The molecule has 4 heteroatoms. The van der Waals surface area contributed by atoms with Gasteiger partial charge in [-0.3, -0.25) is 4.79 Å². The number of carbonyl (C=O) groups excluding carboxylic acids is 1. The van der Waals surface area contributed by atoms with Gasteiger partial charge in [-0.15, -0.1) is 0 Å². The third kappa shape index (κ3) is 2.46. The van der Waals surface area contributed by atoms with Crippen molar-refractivity contribution in [1.29, 1.82) is 0 Å². The Morgan fingerprint density at radius 1 is 1.20 bits per heavy atom. The molecule has 0 aliphatic rings. The highest BCUT2D eigenvalue weighted by Gasteiger charge is 2.19. The summed E-state index contributed by atoms with van der Waals surface area (Å²) in [6.45, 7) is 9.58. The predicted octanol–water partition coefficient (Wildman–Crippen LogP) is 3.39. The number of Topliss-reactive ketones (excluding diaryl/α,β-unsaturated/α-hetero) is 1. The molecule has 0 atom stereocenters. The molecule has 1 heterocycles. The van der Waals surface area contributed by atoms with E-state index in [0.717, 1.165) is 5.69 Å². The lowest BCUT2D eigenvalue weighted by Crippen LogP contribution is -2.11. The number of ketones is 1. The lowest BCUT2D eigenvalue weighted by Gasteiger charge is -2.19. The minimum Gasteiger partial charge on any atom is -0.493 e. The predicted molar refractivity (Wildman–Crippen MR) is 78.7 cm³/mol. The number of aromatic hydroxyl groups is 1. The Morgan fingerprint density at radius 3 is 2.15 bits per heavy atom. The van der Waals surface area contributed by atoms with Gasteiger partial charge in [0, 0.05) is 0 Å². The summed E-state index contributed by atoms with van der Waals surface area (Å²) in [6, 6.07) is 7.83. The second-order valence-electron chi connectivity index (χ2n) is 6.05. The molecule has 0 aliphatic carbocycles. The molecule has 1 N–H and O–H groups in total. The summed E-state index contributed by atoms with van der Waals surface area (Å²) in [5, 5.41) is 14.4. The van der Waals surface area contributed by atoms with Gasteiger partial charge in [0.25, 0.3) is 0 Å². The first-order valence-electron chi connectivity index (χ1n) is 6.62. The maximum absolute atomic E-state index is 11.5. The maximum Gasteiger partial charge on any atom is 0.225 e. The van der Waals surface area contributed by atoms with Crippen molar-refractivity contribution in [2.45, 2.75) is 40.0 Å². The zero-order valence-corrected chi connectivity index (χ0v) is 12.6. The van der Waals surface area contributed by atoms with Gasteiger partial charge in [0.05, 0.1) is 11.4 Å². The first kappa shape index (κ1) is 14.3. The largest absolute Gasteiger partial charge is 0.493 e. The first-order chi connectivity index (χ1) is 9.21. The normalized spacial score (nSPS) is 11.7. The number of nitrogens with zero attached hydrogens (tertiary/aromatic N) is 2. The number of rotatable bonds is 2. The van der Waals surface area contributed by atoms with Crippen molar-refractivity contribution in [2.24, 2.45) is 0 Å². The van der Waals surface area contributed by atoms with Crippen LogP contribution >= 0.6 is 0 Å². The summed E-state index contributed by atoms with van der Waals surface area (Å²) < 4.78 is 1.40. The van der Waals surface area contributed by atoms with Crippen LogP contribution in [0.3, 0.4) is 0 Å². The molecule has 0 saturated heterocycles. The van der Waals surface area contributed by atoms with E-state index in [-0.39, 0.29) is 22.6 Å². The van der Waals surface area contributed by atoms with Gasteiger partial charge in [0.15, 0.2) is 5.78 Å². The Kier molecular flexibility index (Phi) is 3.42. The van der Waals surface area contributed by atoms with E-state index >= 15 is 0 Å². The zero-order valence-electron chi connectivity index (χ0n) is 12.6. The minimum atomic E-state index is -0.183. The highest BCUT2D eigenvalue weighted by molar-refractivity contribution is 5.97. The molecule has 4 nitrogen and oxygen atoms in total. The molecule has 1 aromatic carbocycles. The summed E-state index contributed by atoms with van der Waals surface area (Å²) >= 11 is 0. The van der Waals surface area contributed by atoms with Gasteiger partial charge < -0.3 is 5.11 Å². The van der Waals surface area contributed by atoms with Crippen molar-refractivity contribution in [2.75, 3.05) is 0 Å². The van der Waals surface area contributed by atoms with Crippen LogP contribution in [-0.4, -0.2) is 20.7 Å². The number of benzene rings is 1. The molecule has 0 spiro atoms.